The number of nitrogens with two attached hydrogens (primary N) is 1. The van der Waals surface area contributed by atoms with Gasteiger partial charge in [0.1, 0.15) is 5.69 Å². The number of hydrogen-bond donors (Lipinski definition) is 4. The van der Waals surface area contributed by atoms with Crippen LogP contribution in [0.4, 0.5) is 11.4 Å². The number of H-pyrrole nitrogens is 1. The third-order valence-electron chi connectivity index (χ3n) is 7.00. The van der Waals surface area contributed by atoms with Crippen molar-refractivity contribution in [3.63, 3.8) is 0 Å². The van der Waals surface area contributed by atoms with Crippen LogP contribution in [-0.2, 0) is 9.53 Å². The number of nitrogens with zero attached hydrogens (tertiary/aromatic N) is 3. The number of imidazole rings is 1. The van der Waals surface area contributed by atoms with Crippen LogP contribution in [0.25, 0.3) is 0 Å². The summed E-state index contributed by atoms with van der Waals surface area (Å²) in [5, 5.41) is 13.9. The van der Waals surface area contributed by atoms with Crippen molar-refractivity contribution >= 4 is 40.7 Å². The Hall–Kier alpha value is -3.15. The second-order valence-electron chi connectivity index (χ2n) is 10.5. The SMILES string of the molecule is CC(C)(O)CN(C(=O)c1nc[nH]c1C(N)=O)[C@H]1CC[C@H](C(=O)Nc2cc(N3CCOCC3)ccc2Cl)CC1. The second kappa shape index (κ2) is 11.7. The molecular formula is C26H35ClN6O5. The number of hydrogen-bond acceptors (Lipinski definition) is 7. The highest BCUT2D eigenvalue weighted by molar-refractivity contribution is 6.33. The molecule has 0 bridgehead atoms. The van der Waals surface area contributed by atoms with Gasteiger partial charge in [0.15, 0.2) is 5.69 Å². The topological polar surface area (TPSA) is 154 Å². The lowest BCUT2D eigenvalue weighted by atomic mass is 9.84. The molecule has 1 aliphatic carbocycles. The van der Waals surface area contributed by atoms with E-state index < -0.39 is 17.4 Å². The van der Waals surface area contributed by atoms with Crippen molar-refractivity contribution in [2.45, 2.75) is 51.2 Å². The number of ether oxygens (including phenoxy) is 1. The predicted molar refractivity (Wildman–Crippen MR) is 143 cm³/mol. The molecule has 0 unspecified atom stereocenters. The molecule has 0 radical (unpaired) electrons. The molecule has 1 aromatic heterocycles. The van der Waals surface area contributed by atoms with E-state index >= 15 is 0 Å². The fourth-order valence-corrected chi connectivity index (χ4v) is 5.24. The van der Waals surface area contributed by atoms with E-state index in [0.717, 1.165) is 18.8 Å². The minimum atomic E-state index is -1.17. The highest BCUT2D eigenvalue weighted by Gasteiger charge is 2.36. The van der Waals surface area contributed by atoms with Crippen molar-refractivity contribution in [2.75, 3.05) is 43.1 Å². The zero-order valence-electron chi connectivity index (χ0n) is 21.7. The molecule has 2 aliphatic rings. The number of aromatic amines is 1. The standard InChI is InChI=1S/C26H35ClN6O5/c1-26(2,37)14-33(25(36)22-21(23(28)34)29-15-30-22)17-5-3-16(4-6-17)24(35)31-20-13-18(7-8-19(20)27)32-9-11-38-12-10-32/h7-8,13,15-17,37H,3-6,9-12,14H2,1-2H3,(H2,28,34)(H,29,30)(H,31,35)/t16-,17-. The average molecular weight is 547 g/mol. The van der Waals surface area contributed by atoms with Crippen LogP contribution < -0.4 is 16.0 Å². The summed E-state index contributed by atoms with van der Waals surface area (Å²) in [4.78, 5) is 48.6. The summed E-state index contributed by atoms with van der Waals surface area (Å²) in [6, 6.07) is 5.38. The Morgan fingerprint density at radius 1 is 1.24 bits per heavy atom. The van der Waals surface area contributed by atoms with Gasteiger partial charge in [-0.15, -0.1) is 0 Å². The number of nitrogens with one attached hydrogen (secondary N) is 2. The molecule has 12 heteroatoms. The summed E-state index contributed by atoms with van der Waals surface area (Å²) in [5.74, 6) is -1.64. The first-order valence-corrected chi connectivity index (χ1v) is 13.2. The molecule has 5 N–H and O–H groups in total. The smallest absolute Gasteiger partial charge is 0.275 e. The molecule has 4 rings (SSSR count). The fraction of sp³-hybridized carbons (Fsp3) is 0.538. The molecule has 0 spiro atoms. The number of aromatic nitrogens is 2. The number of amides is 3. The van der Waals surface area contributed by atoms with E-state index in [1.807, 2.05) is 12.1 Å². The highest BCUT2D eigenvalue weighted by atomic mass is 35.5. The number of rotatable bonds is 8. The van der Waals surface area contributed by atoms with E-state index in [0.29, 0.717) is 49.6 Å². The van der Waals surface area contributed by atoms with Crippen LogP contribution in [0.1, 0.15) is 60.5 Å². The Bertz CT molecular complexity index is 1170. The summed E-state index contributed by atoms with van der Waals surface area (Å²) < 4.78 is 5.42. The minimum absolute atomic E-state index is 0.0440. The van der Waals surface area contributed by atoms with E-state index in [-0.39, 0.29) is 35.8 Å². The molecule has 11 nitrogen and oxygen atoms in total. The van der Waals surface area contributed by atoms with Gasteiger partial charge in [0.05, 0.1) is 35.9 Å². The maximum Gasteiger partial charge on any atom is 0.275 e. The summed E-state index contributed by atoms with van der Waals surface area (Å²) in [7, 11) is 0. The van der Waals surface area contributed by atoms with E-state index in [9.17, 15) is 19.5 Å². The van der Waals surface area contributed by atoms with E-state index in [1.165, 1.54) is 6.33 Å². The van der Waals surface area contributed by atoms with Crippen LogP contribution in [0, 0.1) is 5.92 Å². The average Bonchev–Trinajstić information content (AvgIpc) is 3.39. The molecule has 1 saturated heterocycles. The molecule has 2 fully saturated rings. The molecule has 1 aromatic carbocycles. The lowest BCUT2D eigenvalue weighted by Crippen LogP contribution is -2.50. The van der Waals surface area contributed by atoms with E-state index in [2.05, 4.69) is 20.2 Å². The monoisotopic (exact) mass is 546 g/mol. The molecule has 2 heterocycles. The Kier molecular flexibility index (Phi) is 8.59. The zero-order chi connectivity index (χ0) is 27.4. The number of morpholine rings is 1. The van der Waals surface area contributed by atoms with Crippen molar-refractivity contribution < 1.29 is 24.2 Å². The number of aliphatic hydroxyl groups is 1. The van der Waals surface area contributed by atoms with Gasteiger partial charge in [0.2, 0.25) is 5.91 Å². The molecule has 38 heavy (non-hydrogen) atoms. The maximum absolute atomic E-state index is 13.4. The normalized spacial score (nSPS) is 20.2. The van der Waals surface area contributed by atoms with Gasteiger partial charge in [-0.05, 0) is 57.7 Å². The van der Waals surface area contributed by atoms with Crippen LogP contribution in [-0.4, -0.2) is 82.2 Å². The molecule has 1 aliphatic heterocycles. The molecule has 2 aromatic rings. The third kappa shape index (κ3) is 6.64. The van der Waals surface area contributed by atoms with Crippen molar-refractivity contribution in [1.82, 2.24) is 14.9 Å². The third-order valence-corrected chi connectivity index (χ3v) is 7.33. The number of primary amides is 1. The second-order valence-corrected chi connectivity index (χ2v) is 10.9. The number of halogens is 1. The molecule has 3 amide bonds. The summed E-state index contributed by atoms with van der Waals surface area (Å²) in [5.41, 5.74) is 5.62. The molecule has 0 atom stereocenters. The quantitative estimate of drug-likeness (QED) is 0.396. The van der Waals surface area contributed by atoms with Gasteiger partial charge in [-0.1, -0.05) is 11.6 Å². The number of carbonyl (C=O) groups excluding carboxylic acids is 3. The first-order chi connectivity index (χ1) is 18.0. The first-order valence-electron chi connectivity index (χ1n) is 12.8. The van der Waals surface area contributed by atoms with E-state index in [4.69, 9.17) is 22.1 Å². The van der Waals surface area contributed by atoms with Gasteiger partial charge >= 0.3 is 0 Å². The van der Waals surface area contributed by atoms with Gasteiger partial charge in [-0.3, -0.25) is 14.4 Å². The van der Waals surface area contributed by atoms with Crippen LogP contribution in [0.5, 0.6) is 0 Å². The van der Waals surface area contributed by atoms with Gasteiger partial charge in [-0.25, -0.2) is 4.98 Å². The minimum Gasteiger partial charge on any atom is -0.389 e. The molecule has 1 saturated carbocycles. The molecule has 206 valence electrons. The lowest BCUT2D eigenvalue weighted by molar-refractivity contribution is -0.121. The summed E-state index contributed by atoms with van der Waals surface area (Å²) in [6.45, 7) is 6.13. The van der Waals surface area contributed by atoms with Crippen LogP contribution in [0.3, 0.4) is 0 Å². The van der Waals surface area contributed by atoms with Crippen molar-refractivity contribution in [2.24, 2.45) is 11.7 Å². The van der Waals surface area contributed by atoms with Crippen LogP contribution >= 0.6 is 11.6 Å². The van der Waals surface area contributed by atoms with Crippen molar-refractivity contribution in [3.8, 4) is 0 Å². The maximum atomic E-state index is 13.4. The Labute approximate surface area is 226 Å². The highest BCUT2D eigenvalue weighted by Crippen LogP contribution is 2.33. The van der Waals surface area contributed by atoms with Crippen molar-refractivity contribution in [3.05, 3.63) is 40.9 Å². The largest absolute Gasteiger partial charge is 0.389 e. The number of carbonyl (C=O) groups is 3. The zero-order valence-corrected chi connectivity index (χ0v) is 22.5. The van der Waals surface area contributed by atoms with Crippen LogP contribution in [0.15, 0.2) is 24.5 Å². The van der Waals surface area contributed by atoms with Gasteiger partial charge in [-0.2, -0.15) is 0 Å². The van der Waals surface area contributed by atoms with Crippen LogP contribution in [0.2, 0.25) is 5.02 Å². The Morgan fingerprint density at radius 2 is 1.92 bits per heavy atom. The van der Waals surface area contributed by atoms with Gasteiger partial charge in [0, 0.05) is 37.3 Å². The van der Waals surface area contributed by atoms with Gasteiger partial charge in [0.25, 0.3) is 11.8 Å². The number of benzene rings is 1. The van der Waals surface area contributed by atoms with E-state index in [1.54, 1.807) is 24.8 Å². The number of anilines is 2. The lowest BCUT2D eigenvalue weighted by Gasteiger charge is -2.39. The first kappa shape index (κ1) is 27.9. The summed E-state index contributed by atoms with van der Waals surface area (Å²) in [6.07, 6.45) is 3.46. The van der Waals surface area contributed by atoms with Gasteiger partial charge < -0.3 is 35.7 Å². The Morgan fingerprint density at radius 3 is 2.55 bits per heavy atom. The predicted octanol–water partition coefficient (Wildman–Crippen LogP) is 2.41. The van der Waals surface area contributed by atoms with Crippen molar-refractivity contribution in [1.29, 1.82) is 0 Å². The summed E-state index contributed by atoms with van der Waals surface area (Å²) >= 11 is 6.40. The fourth-order valence-electron chi connectivity index (χ4n) is 5.08. The molecular weight excluding hydrogens is 512 g/mol. The Balaban J connectivity index is 1.42.